The molecule has 0 saturated heterocycles. The fourth-order valence-corrected chi connectivity index (χ4v) is 3.37. The van der Waals surface area contributed by atoms with Crippen molar-refractivity contribution in [3.63, 3.8) is 0 Å². The smallest absolute Gasteiger partial charge is 0.0400 e. The lowest BCUT2D eigenvalue weighted by atomic mass is 9.81. The van der Waals surface area contributed by atoms with Crippen LogP contribution in [0.5, 0.6) is 0 Å². The van der Waals surface area contributed by atoms with Crippen LogP contribution in [0.15, 0.2) is 18.2 Å². The average molecular weight is 267 g/mol. The van der Waals surface area contributed by atoms with E-state index < -0.39 is 0 Å². The van der Waals surface area contributed by atoms with E-state index in [0.29, 0.717) is 4.83 Å². The summed E-state index contributed by atoms with van der Waals surface area (Å²) >= 11 is 3.84. The van der Waals surface area contributed by atoms with Crippen molar-refractivity contribution in [3.8, 4) is 0 Å². The Morgan fingerprint density at radius 2 is 2.07 bits per heavy atom. The molecule has 82 valence electrons. The Morgan fingerprint density at radius 1 is 1.33 bits per heavy atom. The van der Waals surface area contributed by atoms with Crippen molar-refractivity contribution in [3.05, 3.63) is 34.9 Å². The summed E-state index contributed by atoms with van der Waals surface area (Å²) in [4.78, 5) is 0.559. The van der Waals surface area contributed by atoms with E-state index in [2.05, 4.69) is 48.0 Å². The van der Waals surface area contributed by atoms with Gasteiger partial charge in [-0.2, -0.15) is 0 Å². The Morgan fingerprint density at radius 3 is 2.60 bits per heavy atom. The predicted molar refractivity (Wildman–Crippen MR) is 69.5 cm³/mol. The van der Waals surface area contributed by atoms with Gasteiger partial charge in [0.2, 0.25) is 0 Å². The molecule has 1 fully saturated rings. The second kappa shape index (κ2) is 4.69. The Kier molecular flexibility index (Phi) is 3.50. The van der Waals surface area contributed by atoms with E-state index >= 15 is 0 Å². The summed E-state index contributed by atoms with van der Waals surface area (Å²) in [6.07, 6.45) is 5.63. The summed E-state index contributed by atoms with van der Waals surface area (Å²) in [6, 6.07) is 6.78. The Hall–Kier alpha value is -0.300. The molecule has 0 radical (unpaired) electrons. The maximum atomic E-state index is 3.84. The van der Waals surface area contributed by atoms with Crippen LogP contribution >= 0.6 is 15.9 Å². The molecule has 1 aromatic carbocycles. The van der Waals surface area contributed by atoms with Crippen LogP contribution in [0, 0.1) is 19.8 Å². The largest absolute Gasteiger partial charge is 0.0839 e. The maximum Gasteiger partial charge on any atom is 0.0400 e. The van der Waals surface area contributed by atoms with Crippen LogP contribution in [0.3, 0.4) is 0 Å². The molecule has 1 aliphatic rings. The normalized spacial score (nSPS) is 18.6. The van der Waals surface area contributed by atoms with Crippen LogP contribution in [0.1, 0.15) is 47.2 Å². The van der Waals surface area contributed by atoms with Crippen molar-refractivity contribution >= 4 is 15.9 Å². The molecule has 2 rings (SSSR count). The topological polar surface area (TPSA) is 0 Å². The molecule has 0 amide bonds. The summed E-state index contributed by atoms with van der Waals surface area (Å²) in [6.45, 7) is 4.38. The number of benzene rings is 1. The molecule has 0 bridgehead atoms. The van der Waals surface area contributed by atoms with E-state index in [1.165, 1.54) is 42.4 Å². The molecule has 0 nitrogen and oxygen atoms in total. The SMILES string of the molecule is Cc1ccc(C(Br)CC2CCC2)c(C)c1. The zero-order valence-electron chi connectivity index (χ0n) is 9.59. The number of aryl methyl sites for hydroxylation is 2. The van der Waals surface area contributed by atoms with Gasteiger partial charge in [-0.1, -0.05) is 59.0 Å². The monoisotopic (exact) mass is 266 g/mol. The predicted octanol–water partition coefficient (Wildman–Crippen LogP) is 4.93. The molecule has 0 N–H and O–H groups in total. The van der Waals surface area contributed by atoms with Crippen LogP contribution in [0.2, 0.25) is 0 Å². The average Bonchev–Trinajstić information content (AvgIpc) is 2.11. The van der Waals surface area contributed by atoms with Gasteiger partial charge in [-0.25, -0.2) is 0 Å². The van der Waals surface area contributed by atoms with Crippen LogP contribution in [-0.2, 0) is 0 Å². The molecule has 0 aliphatic heterocycles. The van der Waals surface area contributed by atoms with Gasteiger partial charge in [0.25, 0.3) is 0 Å². The lowest BCUT2D eigenvalue weighted by Gasteiger charge is -2.28. The minimum atomic E-state index is 0.559. The Bertz CT molecular complexity index is 339. The molecular formula is C14H19Br. The van der Waals surface area contributed by atoms with Crippen molar-refractivity contribution in [2.24, 2.45) is 5.92 Å². The molecule has 0 spiro atoms. The van der Waals surface area contributed by atoms with Gasteiger partial charge < -0.3 is 0 Å². The zero-order chi connectivity index (χ0) is 10.8. The molecule has 1 heteroatoms. The van der Waals surface area contributed by atoms with Gasteiger partial charge in [0, 0.05) is 4.83 Å². The molecule has 1 atom stereocenters. The van der Waals surface area contributed by atoms with Gasteiger partial charge in [-0.15, -0.1) is 0 Å². The second-order valence-electron chi connectivity index (χ2n) is 4.86. The van der Waals surface area contributed by atoms with Crippen LogP contribution in [0.25, 0.3) is 0 Å². The minimum Gasteiger partial charge on any atom is -0.0839 e. The third-order valence-electron chi connectivity index (χ3n) is 3.53. The number of hydrogen-bond acceptors (Lipinski definition) is 0. The van der Waals surface area contributed by atoms with E-state index in [0.717, 1.165) is 5.92 Å². The summed E-state index contributed by atoms with van der Waals surface area (Å²) in [5.41, 5.74) is 4.27. The van der Waals surface area contributed by atoms with Crippen molar-refractivity contribution in [2.45, 2.75) is 44.4 Å². The van der Waals surface area contributed by atoms with E-state index in [1.54, 1.807) is 0 Å². The lowest BCUT2D eigenvalue weighted by Crippen LogP contribution is -2.13. The first-order chi connectivity index (χ1) is 7.16. The molecular weight excluding hydrogens is 248 g/mol. The first-order valence-corrected chi connectivity index (χ1v) is 6.79. The van der Waals surface area contributed by atoms with Gasteiger partial charge in [-0.05, 0) is 37.3 Å². The third kappa shape index (κ3) is 2.63. The number of alkyl halides is 1. The first kappa shape index (κ1) is 11.2. The number of rotatable bonds is 3. The van der Waals surface area contributed by atoms with Gasteiger partial charge in [0.05, 0.1) is 0 Å². The van der Waals surface area contributed by atoms with Crippen molar-refractivity contribution in [1.29, 1.82) is 0 Å². The van der Waals surface area contributed by atoms with Gasteiger partial charge in [0.1, 0.15) is 0 Å². The molecule has 15 heavy (non-hydrogen) atoms. The molecule has 0 aromatic heterocycles. The summed E-state index contributed by atoms with van der Waals surface area (Å²) < 4.78 is 0. The van der Waals surface area contributed by atoms with Gasteiger partial charge in [0.15, 0.2) is 0 Å². The number of hydrogen-bond donors (Lipinski definition) is 0. The molecule has 1 aromatic rings. The van der Waals surface area contributed by atoms with Crippen LogP contribution in [0.4, 0.5) is 0 Å². The Labute approximate surface area is 101 Å². The van der Waals surface area contributed by atoms with E-state index in [-0.39, 0.29) is 0 Å². The van der Waals surface area contributed by atoms with Gasteiger partial charge >= 0.3 is 0 Å². The highest BCUT2D eigenvalue weighted by atomic mass is 79.9. The maximum absolute atomic E-state index is 3.84. The molecule has 1 unspecified atom stereocenters. The number of halogens is 1. The zero-order valence-corrected chi connectivity index (χ0v) is 11.2. The quantitative estimate of drug-likeness (QED) is 0.681. The fraction of sp³-hybridized carbons (Fsp3) is 0.571. The van der Waals surface area contributed by atoms with Crippen LogP contribution < -0.4 is 0 Å². The van der Waals surface area contributed by atoms with E-state index in [4.69, 9.17) is 0 Å². The fourth-order valence-electron chi connectivity index (χ4n) is 2.33. The van der Waals surface area contributed by atoms with E-state index in [1.807, 2.05) is 0 Å². The third-order valence-corrected chi connectivity index (χ3v) is 4.39. The highest BCUT2D eigenvalue weighted by molar-refractivity contribution is 9.09. The van der Waals surface area contributed by atoms with Crippen LogP contribution in [-0.4, -0.2) is 0 Å². The molecule has 1 saturated carbocycles. The minimum absolute atomic E-state index is 0.559. The van der Waals surface area contributed by atoms with Gasteiger partial charge in [-0.3, -0.25) is 0 Å². The summed E-state index contributed by atoms with van der Waals surface area (Å²) in [5.74, 6) is 0.968. The second-order valence-corrected chi connectivity index (χ2v) is 5.97. The summed E-state index contributed by atoms with van der Waals surface area (Å²) in [7, 11) is 0. The lowest BCUT2D eigenvalue weighted by molar-refractivity contribution is 0.295. The molecule has 1 aliphatic carbocycles. The first-order valence-electron chi connectivity index (χ1n) is 5.88. The van der Waals surface area contributed by atoms with Crippen molar-refractivity contribution in [1.82, 2.24) is 0 Å². The highest BCUT2D eigenvalue weighted by Crippen LogP contribution is 2.39. The highest BCUT2D eigenvalue weighted by Gasteiger charge is 2.22. The van der Waals surface area contributed by atoms with Crippen molar-refractivity contribution in [2.75, 3.05) is 0 Å². The molecule has 0 heterocycles. The summed E-state index contributed by atoms with van der Waals surface area (Å²) in [5, 5.41) is 0. The Balaban J connectivity index is 2.06. The van der Waals surface area contributed by atoms with Crippen molar-refractivity contribution < 1.29 is 0 Å². The standard InChI is InChI=1S/C14H19Br/c1-10-6-7-13(11(2)8-10)14(15)9-12-4-3-5-12/h6-8,12,14H,3-5,9H2,1-2H3. The van der Waals surface area contributed by atoms with E-state index in [9.17, 15) is 0 Å².